The summed E-state index contributed by atoms with van der Waals surface area (Å²) in [6.45, 7) is 0. The van der Waals surface area contributed by atoms with Crippen LogP contribution in [0.2, 0.25) is 0 Å². The van der Waals surface area contributed by atoms with Crippen LogP contribution in [0.1, 0.15) is 9.67 Å². The number of anilines is 2. The molecule has 21 heavy (non-hydrogen) atoms. The van der Waals surface area contributed by atoms with E-state index in [4.69, 9.17) is 5.73 Å². The first-order chi connectivity index (χ1) is 10.2. The summed E-state index contributed by atoms with van der Waals surface area (Å²) >= 11 is 2.94. The summed E-state index contributed by atoms with van der Waals surface area (Å²) in [6.07, 6.45) is 3.69. The highest BCUT2D eigenvalue weighted by atomic mass is 32.2. The summed E-state index contributed by atoms with van der Waals surface area (Å²) < 4.78 is 0. The van der Waals surface area contributed by atoms with Crippen LogP contribution in [-0.4, -0.2) is 17.1 Å². The highest BCUT2D eigenvalue weighted by Gasteiger charge is 2.17. The lowest BCUT2D eigenvalue weighted by molar-refractivity contribution is 0.103. The molecular weight excluding hydrogens is 302 g/mol. The van der Waals surface area contributed by atoms with E-state index < -0.39 is 0 Å². The minimum absolute atomic E-state index is 0.200. The van der Waals surface area contributed by atoms with Crippen molar-refractivity contribution in [3.8, 4) is 0 Å². The summed E-state index contributed by atoms with van der Waals surface area (Å²) in [5, 5.41) is 3.71. The number of amides is 1. The maximum Gasteiger partial charge on any atom is 0.267 e. The van der Waals surface area contributed by atoms with Gasteiger partial charge >= 0.3 is 0 Å². The predicted molar refractivity (Wildman–Crippen MR) is 90.2 cm³/mol. The normalized spacial score (nSPS) is 10.7. The minimum atomic E-state index is -0.200. The molecule has 1 amide bonds. The first-order valence-corrected chi connectivity index (χ1v) is 8.31. The summed E-state index contributed by atoms with van der Waals surface area (Å²) in [6, 6.07) is 11.4. The summed E-state index contributed by atoms with van der Waals surface area (Å²) in [4.78, 5) is 19.0. The number of thioether (sulfide) groups is 1. The summed E-state index contributed by atoms with van der Waals surface area (Å²) in [7, 11) is 0. The lowest BCUT2D eigenvalue weighted by Gasteiger charge is -2.05. The van der Waals surface area contributed by atoms with Crippen LogP contribution in [0.15, 0.2) is 47.5 Å². The minimum Gasteiger partial charge on any atom is -0.397 e. The Bertz CT molecular complexity index is 814. The van der Waals surface area contributed by atoms with Crippen molar-refractivity contribution >= 4 is 50.6 Å². The zero-order chi connectivity index (χ0) is 14.8. The molecule has 0 aliphatic rings. The van der Waals surface area contributed by atoms with Crippen LogP contribution in [-0.2, 0) is 0 Å². The Morgan fingerprint density at radius 2 is 2.19 bits per heavy atom. The number of nitrogens with one attached hydrogen (secondary N) is 1. The van der Waals surface area contributed by atoms with E-state index in [1.807, 2.05) is 42.7 Å². The number of benzene rings is 1. The number of aromatic nitrogens is 1. The fourth-order valence-electron chi connectivity index (χ4n) is 2.01. The average Bonchev–Trinajstić information content (AvgIpc) is 2.85. The van der Waals surface area contributed by atoms with Gasteiger partial charge in [0.2, 0.25) is 0 Å². The third-order valence-corrected chi connectivity index (χ3v) is 4.89. The largest absolute Gasteiger partial charge is 0.397 e. The molecule has 0 saturated heterocycles. The molecule has 0 aliphatic heterocycles. The van der Waals surface area contributed by atoms with Gasteiger partial charge in [-0.1, -0.05) is 6.07 Å². The fourth-order valence-corrected chi connectivity index (χ4v) is 3.43. The van der Waals surface area contributed by atoms with E-state index in [0.29, 0.717) is 10.6 Å². The molecule has 2 aromatic heterocycles. The van der Waals surface area contributed by atoms with E-state index in [2.05, 4.69) is 10.3 Å². The van der Waals surface area contributed by atoms with Gasteiger partial charge in [0.1, 0.15) is 9.71 Å². The molecule has 3 rings (SSSR count). The molecule has 3 aromatic rings. The molecule has 0 bridgehead atoms. The zero-order valence-corrected chi connectivity index (χ0v) is 12.9. The van der Waals surface area contributed by atoms with Crippen LogP contribution in [0.3, 0.4) is 0 Å². The lowest BCUT2D eigenvalue weighted by atomic mass is 10.2. The number of rotatable bonds is 3. The van der Waals surface area contributed by atoms with Gasteiger partial charge in [-0.05, 0) is 36.6 Å². The molecule has 2 heterocycles. The first kappa shape index (κ1) is 13.9. The van der Waals surface area contributed by atoms with Gasteiger partial charge < -0.3 is 11.1 Å². The van der Waals surface area contributed by atoms with E-state index in [-0.39, 0.29) is 5.91 Å². The van der Waals surface area contributed by atoms with Gasteiger partial charge in [-0.15, -0.1) is 23.1 Å². The standard InChI is InChI=1S/C15H13N3OS2/c1-20-10-5-2-4-9(8-10)18-14(19)13-12(16)11-6-3-7-17-15(11)21-13/h2-8H,16H2,1H3,(H,18,19). The van der Waals surface area contributed by atoms with Crippen molar-refractivity contribution in [3.63, 3.8) is 0 Å². The van der Waals surface area contributed by atoms with Gasteiger partial charge in [0.15, 0.2) is 0 Å². The van der Waals surface area contributed by atoms with Gasteiger partial charge in [-0.2, -0.15) is 0 Å². The maximum atomic E-state index is 12.4. The van der Waals surface area contributed by atoms with Crippen molar-refractivity contribution in [3.05, 3.63) is 47.5 Å². The number of hydrogen-bond acceptors (Lipinski definition) is 5. The second kappa shape index (κ2) is 5.75. The Morgan fingerprint density at radius 1 is 1.33 bits per heavy atom. The van der Waals surface area contributed by atoms with Crippen molar-refractivity contribution in [1.29, 1.82) is 0 Å². The van der Waals surface area contributed by atoms with Gasteiger partial charge in [0.05, 0.1) is 5.69 Å². The smallest absolute Gasteiger partial charge is 0.267 e. The third-order valence-electron chi connectivity index (χ3n) is 3.04. The molecular formula is C15H13N3OS2. The summed E-state index contributed by atoms with van der Waals surface area (Å²) in [5.74, 6) is -0.200. The van der Waals surface area contributed by atoms with E-state index in [1.165, 1.54) is 11.3 Å². The van der Waals surface area contributed by atoms with E-state index in [0.717, 1.165) is 20.8 Å². The molecule has 0 atom stereocenters. The fraction of sp³-hybridized carbons (Fsp3) is 0.0667. The van der Waals surface area contributed by atoms with E-state index >= 15 is 0 Å². The SMILES string of the molecule is CSc1cccc(NC(=O)c2sc3ncccc3c2N)c1. The van der Waals surface area contributed by atoms with Crippen molar-refractivity contribution in [2.75, 3.05) is 17.3 Å². The molecule has 0 unspecified atom stereocenters. The molecule has 6 heteroatoms. The summed E-state index contributed by atoms with van der Waals surface area (Å²) in [5.41, 5.74) is 7.30. The Balaban J connectivity index is 1.91. The monoisotopic (exact) mass is 315 g/mol. The van der Waals surface area contributed by atoms with Gasteiger partial charge in [0.25, 0.3) is 5.91 Å². The van der Waals surface area contributed by atoms with Crippen LogP contribution < -0.4 is 11.1 Å². The Kier molecular flexibility index (Phi) is 3.81. The van der Waals surface area contributed by atoms with Crippen LogP contribution >= 0.6 is 23.1 Å². The number of nitrogen functional groups attached to an aromatic ring is 1. The van der Waals surface area contributed by atoms with Crippen LogP contribution in [0, 0.1) is 0 Å². The Labute approximate surface area is 130 Å². The van der Waals surface area contributed by atoms with Gasteiger partial charge in [-0.3, -0.25) is 4.79 Å². The molecule has 0 fully saturated rings. The van der Waals surface area contributed by atoms with E-state index in [9.17, 15) is 4.79 Å². The topological polar surface area (TPSA) is 68.0 Å². The van der Waals surface area contributed by atoms with Crippen molar-refractivity contribution in [2.45, 2.75) is 4.90 Å². The number of hydrogen-bond donors (Lipinski definition) is 2. The van der Waals surface area contributed by atoms with Crippen molar-refractivity contribution < 1.29 is 4.79 Å². The van der Waals surface area contributed by atoms with E-state index in [1.54, 1.807) is 18.0 Å². The number of fused-ring (bicyclic) bond motifs is 1. The zero-order valence-electron chi connectivity index (χ0n) is 11.3. The Morgan fingerprint density at radius 3 is 2.95 bits per heavy atom. The van der Waals surface area contributed by atoms with Crippen molar-refractivity contribution in [2.24, 2.45) is 0 Å². The number of carbonyl (C=O) groups is 1. The number of pyridine rings is 1. The highest BCUT2D eigenvalue weighted by molar-refractivity contribution is 7.98. The second-order valence-electron chi connectivity index (χ2n) is 4.39. The molecule has 106 valence electrons. The first-order valence-electron chi connectivity index (χ1n) is 6.27. The molecule has 0 radical (unpaired) electrons. The number of nitrogens with zero attached hydrogens (tertiary/aromatic N) is 1. The average molecular weight is 315 g/mol. The number of thiophene rings is 1. The number of carbonyl (C=O) groups excluding carboxylic acids is 1. The quantitative estimate of drug-likeness (QED) is 0.720. The van der Waals surface area contributed by atoms with Crippen LogP contribution in [0.5, 0.6) is 0 Å². The highest BCUT2D eigenvalue weighted by Crippen LogP contribution is 2.32. The Hall–Kier alpha value is -2.05. The lowest BCUT2D eigenvalue weighted by Crippen LogP contribution is -2.11. The molecule has 0 aliphatic carbocycles. The molecule has 3 N–H and O–H groups in total. The second-order valence-corrected chi connectivity index (χ2v) is 6.27. The van der Waals surface area contributed by atoms with Crippen LogP contribution in [0.25, 0.3) is 10.2 Å². The van der Waals surface area contributed by atoms with Gasteiger partial charge in [-0.25, -0.2) is 4.98 Å². The predicted octanol–water partition coefficient (Wildman–Crippen LogP) is 3.85. The van der Waals surface area contributed by atoms with Crippen LogP contribution in [0.4, 0.5) is 11.4 Å². The molecule has 4 nitrogen and oxygen atoms in total. The molecule has 0 spiro atoms. The number of nitrogens with two attached hydrogens (primary N) is 1. The molecule has 0 saturated carbocycles. The van der Waals surface area contributed by atoms with Crippen molar-refractivity contribution in [1.82, 2.24) is 4.98 Å². The molecule has 1 aromatic carbocycles. The third kappa shape index (κ3) is 2.72. The maximum absolute atomic E-state index is 12.4. The van der Waals surface area contributed by atoms with Gasteiger partial charge in [0, 0.05) is 22.2 Å².